The minimum absolute atomic E-state index is 0.243. The first kappa shape index (κ1) is 19.9. The zero-order valence-corrected chi connectivity index (χ0v) is 16.4. The highest BCUT2D eigenvalue weighted by atomic mass is 79.9. The van der Waals surface area contributed by atoms with E-state index in [-0.39, 0.29) is 5.56 Å². The second-order valence-electron chi connectivity index (χ2n) is 5.20. The Labute approximate surface area is 165 Å². The second-order valence-corrected chi connectivity index (χ2v) is 6.53. The summed E-state index contributed by atoms with van der Waals surface area (Å²) in [4.78, 5) is 10.9. The number of carbonyl (C=O) groups is 1. The number of hydrazone groups is 1. The predicted octanol–water partition coefficient (Wildman–Crippen LogP) is 3.54. The predicted molar refractivity (Wildman–Crippen MR) is 109 cm³/mol. The highest BCUT2D eigenvalue weighted by Gasteiger charge is 2.05. The maximum absolute atomic E-state index is 10.9. The third-order valence-corrected chi connectivity index (χ3v) is 4.00. The zero-order chi connectivity index (χ0) is 18.9. The van der Waals surface area contributed by atoms with Gasteiger partial charge in [-0.15, -0.1) is 0 Å². The lowest BCUT2D eigenvalue weighted by Gasteiger charge is -2.10. The summed E-state index contributed by atoms with van der Waals surface area (Å²) < 4.78 is 6.74. The molecule has 26 heavy (non-hydrogen) atoms. The fraction of sp³-hybridized carbons (Fsp3) is 0.167. The molecule has 2 aromatic rings. The average Bonchev–Trinajstić information content (AvgIpc) is 2.61. The van der Waals surface area contributed by atoms with Gasteiger partial charge in [0.25, 0.3) is 0 Å². The van der Waals surface area contributed by atoms with Crippen LogP contribution in [0.1, 0.15) is 28.4 Å². The number of thiocarbonyl (C=S) groups is 1. The Morgan fingerprint density at radius 2 is 2.04 bits per heavy atom. The number of ether oxygens (including phenoxy) is 1. The van der Waals surface area contributed by atoms with Crippen LogP contribution in [0.25, 0.3) is 0 Å². The number of nitrogens with one attached hydrogen (secondary N) is 2. The van der Waals surface area contributed by atoms with Gasteiger partial charge in [-0.2, -0.15) is 5.10 Å². The van der Waals surface area contributed by atoms with Gasteiger partial charge in [-0.3, -0.25) is 5.43 Å². The Morgan fingerprint density at radius 1 is 1.31 bits per heavy atom. The fourth-order valence-corrected chi connectivity index (χ4v) is 2.59. The van der Waals surface area contributed by atoms with Gasteiger partial charge in [0.1, 0.15) is 12.4 Å². The van der Waals surface area contributed by atoms with Crippen LogP contribution in [0.3, 0.4) is 0 Å². The smallest absolute Gasteiger partial charge is 0.335 e. The summed E-state index contributed by atoms with van der Waals surface area (Å²) in [6.45, 7) is 2.97. The largest absolute Gasteiger partial charge is 0.488 e. The molecule has 0 unspecified atom stereocenters. The summed E-state index contributed by atoms with van der Waals surface area (Å²) >= 11 is 8.48. The Morgan fingerprint density at radius 3 is 2.69 bits per heavy atom. The Bertz CT molecular complexity index is 810. The molecule has 0 aliphatic rings. The average molecular weight is 436 g/mol. The first-order valence-electron chi connectivity index (χ1n) is 7.81. The molecular formula is C18H18BrN3O3S. The van der Waals surface area contributed by atoms with Crippen LogP contribution in [-0.2, 0) is 6.61 Å². The standard InChI is InChI=1S/C18H18BrN3O3S/c1-2-20-18(26)22-21-10-14-9-15(19)7-8-16(14)25-11-12-3-5-13(6-4-12)17(23)24/h3-10H,2,11H2,1H3,(H,23,24)(H2,20,22,26). The number of hydrogen-bond acceptors (Lipinski definition) is 4. The van der Waals surface area contributed by atoms with E-state index in [9.17, 15) is 4.79 Å². The Hall–Kier alpha value is -2.45. The molecule has 136 valence electrons. The van der Waals surface area contributed by atoms with Crippen LogP contribution in [0.15, 0.2) is 52.0 Å². The third-order valence-electron chi connectivity index (χ3n) is 3.27. The van der Waals surface area contributed by atoms with Gasteiger partial charge >= 0.3 is 5.97 Å². The molecule has 2 aromatic carbocycles. The van der Waals surface area contributed by atoms with Crippen molar-refractivity contribution in [2.75, 3.05) is 6.54 Å². The zero-order valence-electron chi connectivity index (χ0n) is 14.0. The van der Waals surface area contributed by atoms with Crippen molar-refractivity contribution in [2.24, 2.45) is 5.10 Å². The van der Waals surface area contributed by atoms with Crippen molar-refractivity contribution in [3.8, 4) is 5.75 Å². The molecule has 2 rings (SSSR count). The summed E-state index contributed by atoms with van der Waals surface area (Å²) in [5, 5.41) is 16.4. The molecule has 0 saturated heterocycles. The summed E-state index contributed by atoms with van der Waals surface area (Å²) in [5.41, 5.74) is 4.62. The van der Waals surface area contributed by atoms with E-state index in [2.05, 4.69) is 31.8 Å². The minimum Gasteiger partial charge on any atom is -0.488 e. The van der Waals surface area contributed by atoms with Crippen LogP contribution in [0.4, 0.5) is 0 Å². The van der Waals surface area contributed by atoms with Crippen molar-refractivity contribution in [1.29, 1.82) is 0 Å². The van der Waals surface area contributed by atoms with Gasteiger partial charge in [-0.1, -0.05) is 28.1 Å². The molecule has 0 bridgehead atoms. The van der Waals surface area contributed by atoms with Gasteiger partial charge in [0.05, 0.1) is 11.8 Å². The van der Waals surface area contributed by atoms with Crippen molar-refractivity contribution >= 4 is 45.4 Å². The van der Waals surface area contributed by atoms with Crippen LogP contribution in [0, 0.1) is 0 Å². The van der Waals surface area contributed by atoms with E-state index in [1.54, 1.807) is 30.5 Å². The molecule has 6 nitrogen and oxygen atoms in total. The van der Waals surface area contributed by atoms with Crippen LogP contribution in [0.2, 0.25) is 0 Å². The number of hydrogen-bond donors (Lipinski definition) is 3. The Kier molecular flexibility index (Phi) is 7.55. The van der Waals surface area contributed by atoms with E-state index in [0.29, 0.717) is 24.0 Å². The summed E-state index contributed by atoms with van der Waals surface area (Å²) in [5.74, 6) is -0.303. The number of halogens is 1. The lowest BCUT2D eigenvalue weighted by molar-refractivity contribution is 0.0697. The molecule has 0 amide bonds. The SMILES string of the molecule is CCNC(=S)NN=Cc1cc(Br)ccc1OCc1ccc(C(=O)O)cc1. The number of aromatic carboxylic acids is 1. The quantitative estimate of drug-likeness (QED) is 0.350. The highest BCUT2D eigenvalue weighted by molar-refractivity contribution is 9.10. The second kappa shape index (κ2) is 9.88. The molecule has 0 aliphatic carbocycles. The first-order chi connectivity index (χ1) is 12.5. The van der Waals surface area contributed by atoms with Gasteiger partial charge in [0.15, 0.2) is 5.11 Å². The van der Waals surface area contributed by atoms with Crippen LogP contribution < -0.4 is 15.5 Å². The summed E-state index contributed by atoms with van der Waals surface area (Å²) in [7, 11) is 0. The highest BCUT2D eigenvalue weighted by Crippen LogP contribution is 2.23. The molecule has 0 spiro atoms. The van der Waals surface area contributed by atoms with Crippen molar-refractivity contribution in [1.82, 2.24) is 10.7 Å². The van der Waals surface area contributed by atoms with Gasteiger partial charge in [0, 0.05) is 16.6 Å². The molecule has 0 fully saturated rings. The van der Waals surface area contributed by atoms with Gasteiger partial charge in [-0.05, 0) is 55.0 Å². The van der Waals surface area contributed by atoms with E-state index in [4.69, 9.17) is 22.1 Å². The van der Waals surface area contributed by atoms with Crippen molar-refractivity contribution in [3.63, 3.8) is 0 Å². The number of rotatable bonds is 7. The third kappa shape index (κ3) is 6.12. The van der Waals surface area contributed by atoms with Gasteiger partial charge in [-0.25, -0.2) is 4.79 Å². The number of nitrogens with zero attached hydrogens (tertiary/aromatic N) is 1. The van der Waals surface area contributed by atoms with Crippen molar-refractivity contribution in [3.05, 3.63) is 63.6 Å². The molecule has 0 radical (unpaired) electrons. The normalized spacial score (nSPS) is 10.5. The van der Waals surface area contributed by atoms with E-state index in [0.717, 1.165) is 15.6 Å². The molecule has 3 N–H and O–H groups in total. The van der Waals surface area contributed by atoms with Crippen LogP contribution in [0.5, 0.6) is 5.75 Å². The maximum Gasteiger partial charge on any atom is 0.335 e. The van der Waals surface area contributed by atoms with Gasteiger partial charge < -0.3 is 15.2 Å². The first-order valence-corrected chi connectivity index (χ1v) is 9.01. The number of benzene rings is 2. The van der Waals surface area contributed by atoms with E-state index < -0.39 is 5.97 Å². The maximum atomic E-state index is 10.9. The lowest BCUT2D eigenvalue weighted by Crippen LogP contribution is -2.31. The van der Waals surface area contributed by atoms with Crippen molar-refractivity contribution < 1.29 is 14.6 Å². The summed E-state index contributed by atoms with van der Waals surface area (Å²) in [6.07, 6.45) is 1.62. The summed E-state index contributed by atoms with van der Waals surface area (Å²) in [6, 6.07) is 12.1. The van der Waals surface area contributed by atoms with Crippen LogP contribution in [-0.4, -0.2) is 28.9 Å². The van der Waals surface area contributed by atoms with Crippen LogP contribution >= 0.6 is 28.1 Å². The minimum atomic E-state index is -0.952. The monoisotopic (exact) mass is 435 g/mol. The molecule has 0 atom stereocenters. The number of carboxylic acid groups (broad SMARTS) is 1. The van der Waals surface area contributed by atoms with Gasteiger partial charge in [0.2, 0.25) is 0 Å². The molecule has 0 heterocycles. The molecule has 0 aliphatic heterocycles. The van der Waals surface area contributed by atoms with E-state index in [1.165, 1.54) is 0 Å². The lowest BCUT2D eigenvalue weighted by atomic mass is 10.1. The number of carboxylic acids is 1. The molecule has 8 heteroatoms. The van der Waals surface area contributed by atoms with E-state index >= 15 is 0 Å². The Balaban J connectivity index is 2.05. The van der Waals surface area contributed by atoms with Crippen molar-refractivity contribution in [2.45, 2.75) is 13.5 Å². The molecule has 0 saturated carbocycles. The molecular weight excluding hydrogens is 418 g/mol. The topological polar surface area (TPSA) is 83.0 Å². The fourth-order valence-electron chi connectivity index (χ4n) is 2.02. The molecule has 0 aromatic heterocycles. The van der Waals surface area contributed by atoms with E-state index in [1.807, 2.05) is 25.1 Å².